The summed E-state index contributed by atoms with van der Waals surface area (Å²) in [7, 11) is 1.37. The molecule has 0 radical (unpaired) electrons. The number of carbonyl (C=O) groups is 2. The van der Waals surface area contributed by atoms with Crippen molar-refractivity contribution in [1.29, 1.82) is 0 Å². The Balaban J connectivity index is 2.66. The Labute approximate surface area is 114 Å². The zero-order valence-electron chi connectivity index (χ0n) is 12.2. The van der Waals surface area contributed by atoms with Gasteiger partial charge in [0.15, 0.2) is 0 Å². The first-order chi connectivity index (χ1) is 8.92. The van der Waals surface area contributed by atoms with E-state index in [1.165, 1.54) is 7.11 Å². The van der Waals surface area contributed by atoms with Gasteiger partial charge < -0.3 is 14.4 Å². The summed E-state index contributed by atoms with van der Waals surface area (Å²) in [5, 5.41) is 0. The van der Waals surface area contributed by atoms with E-state index in [0.717, 1.165) is 12.8 Å². The molecule has 1 aliphatic rings. The molecule has 0 aromatic heterocycles. The molecule has 0 saturated carbocycles. The summed E-state index contributed by atoms with van der Waals surface area (Å²) in [5.74, 6) is -0.330. The van der Waals surface area contributed by atoms with Crippen LogP contribution in [0.5, 0.6) is 0 Å². The highest BCUT2D eigenvalue weighted by atomic mass is 16.6. The number of nitrogens with zero attached hydrogens (tertiary/aromatic N) is 1. The smallest absolute Gasteiger partial charge is 0.410 e. The maximum absolute atomic E-state index is 11.9. The van der Waals surface area contributed by atoms with Crippen LogP contribution >= 0.6 is 0 Å². The number of hydrogen-bond donors (Lipinski definition) is 0. The molecule has 19 heavy (non-hydrogen) atoms. The number of esters is 1. The van der Waals surface area contributed by atoms with Crippen molar-refractivity contribution in [3.05, 3.63) is 11.6 Å². The summed E-state index contributed by atoms with van der Waals surface area (Å²) in [5.41, 5.74) is 0.197. The quantitative estimate of drug-likeness (QED) is 0.581. The van der Waals surface area contributed by atoms with Crippen molar-refractivity contribution in [3.8, 4) is 0 Å². The molecule has 0 bridgehead atoms. The van der Waals surface area contributed by atoms with E-state index in [1.54, 1.807) is 11.0 Å². The van der Waals surface area contributed by atoms with E-state index in [0.29, 0.717) is 25.3 Å². The van der Waals surface area contributed by atoms with Crippen molar-refractivity contribution in [2.75, 3.05) is 26.8 Å². The van der Waals surface area contributed by atoms with Crippen LogP contribution in [-0.4, -0.2) is 43.8 Å². The van der Waals surface area contributed by atoms with E-state index in [-0.39, 0.29) is 12.1 Å². The summed E-state index contributed by atoms with van der Waals surface area (Å²) in [4.78, 5) is 25.1. The number of ether oxygens (including phenoxy) is 2. The van der Waals surface area contributed by atoms with E-state index in [9.17, 15) is 9.59 Å². The summed E-state index contributed by atoms with van der Waals surface area (Å²) in [6.07, 6.45) is 3.29. The van der Waals surface area contributed by atoms with Crippen LogP contribution in [0.15, 0.2) is 11.6 Å². The van der Waals surface area contributed by atoms with Crippen LogP contribution in [0.4, 0.5) is 4.79 Å². The first-order valence-corrected chi connectivity index (χ1v) is 6.63. The average Bonchev–Trinajstić information content (AvgIpc) is 2.36. The Kier molecular flexibility index (Phi) is 5.39. The van der Waals surface area contributed by atoms with Crippen molar-refractivity contribution in [2.45, 2.75) is 33.6 Å². The molecule has 5 nitrogen and oxygen atoms in total. The number of hydrogen-bond acceptors (Lipinski definition) is 4. The molecule has 0 unspecified atom stereocenters. The summed E-state index contributed by atoms with van der Waals surface area (Å²) < 4.78 is 9.94. The molecule has 0 N–H and O–H groups in total. The average molecular weight is 269 g/mol. The normalized spacial score (nSPS) is 17.7. The number of rotatable bonds is 4. The van der Waals surface area contributed by atoms with Gasteiger partial charge in [0, 0.05) is 24.1 Å². The summed E-state index contributed by atoms with van der Waals surface area (Å²) in [6.45, 7) is 7.17. The lowest BCUT2D eigenvalue weighted by Crippen LogP contribution is -2.45. The summed E-state index contributed by atoms with van der Waals surface area (Å²) >= 11 is 0. The number of methoxy groups -OCH3 is 1. The molecule has 5 heteroatoms. The second kappa shape index (κ2) is 6.59. The van der Waals surface area contributed by atoms with Gasteiger partial charge in [0.2, 0.25) is 0 Å². The van der Waals surface area contributed by atoms with Crippen LogP contribution in [0.1, 0.15) is 33.6 Å². The van der Waals surface area contributed by atoms with Crippen LogP contribution in [0.3, 0.4) is 0 Å². The van der Waals surface area contributed by atoms with E-state index in [4.69, 9.17) is 9.47 Å². The highest BCUT2D eigenvalue weighted by Gasteiger charge is 2.36. The molecule has 0 aliphatic carbocycles. The molecular weight excluding hydrogens is 246 g/mol. The molecule has 108 valence electrons. The molecule has 0 saturated heterocycles. The minimum absolute atomic E-state index is 0.318. The van der Waals surface area contributed by atoms with Crippen LogP contribution < -0.4 is 0 Å². The lowest BCUT2D eigenvalue weighted by Gasteiger charge is -2.36. The van der Waals surface area contributed by atoms with E-state index < -0.39 is 5.41 Å². The second-order valence-electron chi connectivity index (χ2n) is 5.34. The number of amides is 1. The molecule has 0 atom stereocenters. The van der Waals surface area contributed by atoms with Crippen molar-refractivity contribution in [2.24, 2.45) is 5.41 Å². The van der Waals surface area contributed by atoms with Gasteiger partial charge in [-0.1, -0.05) is 33.3 Å². The predicted octanol–water partition coefficient (Wildman–Crippen LogP) is 2.36. The molecule has 0 aromatic carbocycles. The third kappa shape index (κ3) is 3.98. The molecule has 0 aromatic rings. The van der Waals surface area contributed by atoms with Gasteiger partial charge in [-0.05, 0) is 6.42 Å². The molecule has 1 amide bonds. The first-order valence-electron chi connectivity index (χ1n) is 6.63. The molecule has 1 aliphatic heterocycles. The molecule has 1 heterocycles. The predicted molar refractivity (Wildman–Crippen MR) is 71.7 cm³/mol. The van der Waals surface area contributed by atoms with Crippen LogP contribution in [0.2, 0.25) is 0 Å². The fourth-order valence-corrected chi connectivity index (χ4v) is 2.11. The van der Waals surface area contributed by atoms with Crippen LogP contribution in [-0.2, 0) is 14.3 Å². The van der Waals surface area contributed by atoms with Crippen molar-refractivity contribution in [1.82, 2.24) is 4.90 Å². The van der Waals surface area contributed by atoms with Gasteiger partial charge in [-0.3, -0.25) is 0 Å². The Hall–Kier alpha value is -1.52. The molecule has 0 fully saturated rings. The third-order valence-electron chi connectivity index (χ3n) is 3.22. The van der Waals surface area contributed by atoms with Crippen molar-refractivity contribution < 1.29 is 19.1 Å². The van der Waals surface area contributed by atoms with Gasteiger partial charge in [-0.25, -0.2) is 9.59 Å². The Bertz CT molecular complexity index is 374. The van der Waals surface area contributed by atoms with E-state index in [2.05, 4.69) is 0 Å². The van der Waals surface area contributed by atoms with Gasteiger partial charge in [-0.15, -0.1) is 0 Å². The first kappa shape index (κ1) is 15.5. The maximum Gasteiger partial charge on any atom is 0.410 e. The van der Waals surface area contributed by atoms with Gasteiger partial charge in [-0.2, -0.15) is 0 Å². The van der Waals surface area contributed by atoms with Crippen molar-refractivity contribution >= 4 is 12.1 Å². The highest BCUT2D eigenvalue weighted by Crippen LogP contribution is 2.31. The van der Waals surface area contributed by atoms with Crippen molar-refractivity contribution in [3.63, 3.8) is 0 Å². The van der Waals surface area contributed by atoms with Crippen LogP contribution in [0, 0.1) is 5.41 Å². The zero-order valence-corrected chi connectivity index (χ0v) is 12.2. The summed E-state index contributed by atoms with van der Waals surface area (Å²) in [6, 6.07) is 0. The SMILES string of the molecule is CCCCOC(=O)N1CC=C(C(=O)OC)C(C)(C)C1. The second-order valence-corrected chi connectivity index (χ2v) is 5.34. The van der Waals surface area contributed by atoms with E-state index in [1.807, 2.05) is 20.8 Å². The maximum atomic E-state index is 11.9. The minimum Gasteiger partial charge on any atom is -0.466 e. The Morgan fingerprint density at radius 3 is 2.63 bits per heavy atom. The number of unbranched alkanes of at least 4 members (excludes halogenated alkanes) is 1. The third-order valence-corrected chi connectivity index (χ3v) is 3.22. The number of carbonyl (C=O) groups excluding carboxylic acids is 2. The van der Waals surface area contributed by atoms with E-state index >= 15 is 0 Å². The van der Waals surface area contributed by atoms with Gasteiger partial charge in [0.25, 0.3) is 0 Å². The zero-order chi connectivity index (χ0) is 14.5. The molecule has 1 rings (SSSR count). The lowest BCUT2D eigenvalue weighted by atomic mass is 9.81. The fourth-order valence-electron chi connectivity index (χ4n) is 2.11. The largest absolute Gasteiger partial charge is 0.466 e. The topological polar surface area (TPSA) is 55.8 Å². The lowest BCUT2D eigenvalue weighted by molar-refractivity contribution is -0.137. The Morgan fingerprint density at radius 1 is 1.42 bits per heavy atom. The highest BCUT2D eigenvalue weighted by molar-refractivity contribution is 5.90. The van der Waals surface area contributed by atoms with Crippen LogP contribution in [0.25, 0.3) is 0 Å². The van der Waals surface area contributed by atoms with Gasteiger partial charge in [0.05, 0.1) is 13.7 Å². The fraction of sp³-hybridized carbons (Fsp3) is 0.714. The monoisotopic (exact) mass is 269 g/mol. The minimum atomic E-state index is -0.422. The van der Waals surface area contributed by atoms with Gasteiger partial charge >= 0.3 is 12.1 Å². The molecular formula is C14H23NO4. The molecule has 0 spiro atoms. The Morgan fingerprint density at radius 2 is 2.11 bits per heavy atom. The van der Waals surface area contributed by atoms with Gasteiger partial charge in [0.1, 0.15) is 0 Å². The standard InChI is InChI=1S/C14H23NO4/c1-5-6-9-19-13(17)15-8-7-11(12(16)18-4)14(2,3)10-15/h7H,5-6,8-10H2,1-4H3.